The molecule has 0 amide bonds. The molecule has 0 bridgehead atoms. The van der Waals surface area contributed by atoms with Crippen LogP contribution in [0, 0.1) is 0 Å². The first-order valence-electron chi connectivity index (χ1n) is 2.63. The number of nitrogens with zero attached hydrogens (tertiary/aromatic N) is 1. The summed E-state index contributed by atoms with van der Waals surface area (Å²) in [7, 11) is 1.56. The molecule has 10 heavy (non-hydrogen) atoms. The van der Waals surface area contributed by atoms with E-state index in [4.69, 9.17) is 10.8 Å². The summed E-state index contributed by atoms with van der Waals surface area (Å²) in [5.41, 5.74) is 5.00. The predicted molar refractivity (Wildman–Crippen MR) is 37.9 cm³/mol. The molecule has 0 unspecified atom stereocenters. The minimum atomic E-state index is -1.06. The van der Waals surface area contributed by atoms with E-state index in [2.05, 4.69) is 6.58 Å². The van der Waals surface area contributed by atoms with Crippen molar-refractivity contribution in [3.8, 4) is 0 Å². The summed E-state index contributed by atoms with van der Waals surface area (Å²) in [6.07, 6.45) is 2.66. The van der Waals surface area contributed by atoms with E-state index in [-0.39, 0.29) is 5.70 Å². The Labute approximate surface area is 59.2 Å². The molecule has 0 saturated heterocycles. The number of aliphatic carboxylic acids is 1. The van der Waals surface area contributed by atoms with Gasteiger partial charge in [0.05, 0.1) is 0 Å². The normalized spacial score (nSPS) is 9.70. The molecule has 0 aromatic rings. The fourth-order valence-corrected chi connectivity index (χ4v) is 0.370. The quantitative estimate of drug-likeness (QED) is 0.542. The molecule has 0 atom stereocenters. The Kier molecular flexibility index (Phi) is 3.04. The van der Waals surface area contributed by atoms with E-state index in [1.165, 1.54) is 17.3 Å². The molecule has 0 aromatic heterocycles. The molecule has 0 aliphatic heterocycles. The van der Waals surface area contributed by atoms with Crippen LogP contribution in [0.2, 0.25) is 0 Å². The lowest BCUT2D eigenvalue weighted by Crippen LogP contribution is -2.16. The maximum Gasteiger partial charge on any atom is 0.351 e. The van der Waals surface area contributed by atoms with Crippen LogP contribution in [0.4, 0.5) is 0 Å². The van der Waals surface area contributed by atoms with Gasteiger partial charge in [0, 0.05) is 19.4 Å². The standard InChI is InChI=1S/C6H10N2O2/c1-5(6(9)10)8(2)4-3-7/h3-4H,1,7H2,2H3,(H,9,10)/b4-3-. The third-order valence-corrected chi connectivity index (χ3v) is 0.982. The largest absolute Gasteiger partial charge is 0.477 e. The van der Waals surface area contributed by atoms with Crippen molar-refractivity contribution in [1.29, 1.82) is 0 Å². The van der Waals surface area contributed by atoms with E-state index in [0.29, 0.717) is 0 Å². The van der Waals surface area contributed by atoms with Crippen LogP contribution in [-0.4, -0.2) is 23.0 Å². The smallest absolute Gasteiger partial charge is 0.351 e. The van der Waals surface area contributed by atoms with Crippen LogP contribution < -0.4 is 5.73 Å². The Morgan fingerprint density at radius 2 is 2.30 bits per heavy atom. The highest BCUT2D eigenvalue weighted by molar-refractivity contribution is 5.85. The number of carbonyl (C=O) groups is 1. The number of likely N-dealkylation sites (N-methyl/N-ethyl adjacent to an activating group) is 1. The number of carboxylic acid groups (broad SMARTS) is 1. The molecule has 3 N–H and O–H groups in total. The van der Waals surface area contributed by atoms with Crippen molar-refractivity contribution in [2.24, 2.45) is 5.73 Å². The van der Waals surface area contributed by atoms with Gasteiger partial charge < -0.3 is 15.7 Å². The summed E-state index contributed by atoms with van der Waals surface area (Å²) in [5, 5.41) is 8.36. The van der Waals surface area contributed by atoms with Crippen molar-refractivity contribution in [2.75, 3.05) is 7.05 Å². The topological polar surface area (TPSA) is 66.6 Å². The van der Waals surface area contributed by atoms with Gasteiger partial charge in [-0.15, -0.1) is 0 Å². The summed E-state index contributed by atoms with van der Waals surface area (Å²) in [6, 6.07) is 0. The van der Waals surface area contributed by atoms with Crippen molar-refractivity contribution in [2.45, 2.75) is 0 Å². The monoisotopic (exact) mass is 142 g/mol. The fraction of sp³-hybridized carbons (Fsp3) is 0.167. The second-order valence-electron chi connectivity index (χ2n) is 1.70. The highest BCUT2D eigenvalue weighted by atomic mass is 16.4. The van der Waals surface area contributed by atoms with Gasteiger partial charge in [0.25, 0.3) is 0 Å². The van der Waals surface area contributed by atoms with Gasteiger partial charge >= 0.3 is 5.97 Å². The number of hydrogen-bond donors (Lipinski definition) is 2. The van der Waals surface area contributed by atoms with Crippen LogP contribution in [0.5, 0.6) is 0 Å². The summed E-state index contributed by atoms with van der Waals surface area (Å²) < 4.78 is 0. The van der Waals surface area contributed by atoms with Gasteiger partial charge in [-0.2, -0.15) is 0 Å². The maximum absolute atomic E-state index is 10.2. The lowest BCUT2D eigenvalue weighted by atomic mass is 10.4. The molecule has 0 spiro atoms. The van der Waals surface area contributed by atoms with E-state index < -0.39 is 5.97 Å². The molecule has 0 rings (SSSR count). The fourth-order valence-electron chi connectivity index (χ4n) is 0.370. The van der Waals surface area contributed by atoms with Crippen LogP contribution >= 0.6 is 0 Å². The van der Waals surface area contributed by atoms with Gasteiger partial charge in [0.15, 0.2) is 0 Å². The van der Waals surface area contributed by atoms with E-state index >= 15 is 0 Å². The number of rotatable bonds is 3. The van der Waals surface area contributed by atoms with E-state index in [1.807, 2.05) is 0 Å². The van der Waals surface area contributed by atoms with Gasteiger partial charge in [-0.05, 0) is 0 Å². The molecular weight excluding hydrogens is 132 g/mol. The highest BCUT2D eigenvalue weighted by Gasteiger charge is 2.05. The average molecular weight is 142 g/mol. The zero-order valence-electron chi connectivity index (χ0n) is 5.74. The summed E-state index contributed by atoms with van der Waals surface area (Å²) in [6.45, 7) is 3.29. The van der Waals surface area contributed by atoms with Crippen molar-refractivity contribution >= 4 is 5.97 Å². The molecule has 0 heterocycles. The van der Waals surface area contributed by atoms with Gasteiger partial charge in [0.1, 0.15) is 5.70 Å². The molecule has 0 aliphatic carbocycles. The molecule has 4 heteroatoms. The van der Waals surface area contributed by atoms with Gasteiger partial charge in [-0.1, -0.05) is 6.58 Å². The third kappa shape index (κ3) is 2.21. The Bertz CT molecular complexity index is 175. The molecular formula is C6H10N2O2. The molecule has 0 radical (unpaired) electrons. The van der Waals surface area contributed by atoms with Crippen LogP contribution in [0.15, 0.2) is 24.7 Å². The summed E-state index contributed by atoms with van der Waals surface area (Å²) in [4.78, 5) is 11.5. The zero-order chi connectivity index (χ0) is 8.15. The Morgan fingerprint density at radius 1 is 1.80 bits per heavy atom. The van der Waals surface area contributed by atoms with E-state index in [1.54, 1.807) is 7.05 Å². The van der Waals surface area contributed by atoms with Crippen molar-refractivity contribution in [3.05, 3.63) is 24.7 Å². The van der Waals surface area contributed by atoms with Crippen molar-refractivity contribution in [1.82, 2.24) is 4.90 Å². The first-order valence-corrected chi connectivity index (χ1v) is 2.63. The first kappa shape index (κ1) is 8.55. The Balaban J connectivity index is 4.08. The lowest BCUT2D eigenvalue weighted by Gasteiger charge is -2.11. The highest BCUT2D eigenvalue weighted by Crippen LogP contribution is 1.96. The Hall–Kier alpha value is -1.45. The van der Waals surface area contributed by atoms with Crippen LogP contribution in [-0.2, 0) is 4.79 Å². The minimum absolute atomic E-state index is 0.0123. The zero-order valence-corrected chi connectivity index (χ0v) is 5.74. The molecule has 0 aliphatic rings. The van der Waals surface area contributed by atoms with E-state index in [9.17, 15) is 4.79 Å². The molecule has 4 nitrogen and oxygen atoms in total. The predicted octanol–water partition coefficient (Wildman–Crippen LogP) is -0.0536. The van der Waals surface area contributed by atoms with Gasteiger partial charge in [-0.25, -0.2) is 4.79 Å². The van der Waals surface area contributed by atoms with E-state index in [0.717, 1.165) is 0 Å². The lowest BCUT2D eigenvalue weighted by molar-refractivity contribution is -0.133. The Morgan fingerprint density at radius 3 is 2.60 bits per heavy atom. The van der Waals surface area contributed by atoms with Crippen LogP contribution in [0.1, 0.15) is 0 Å². The molecule has 0 aromatic carbocycles. The number of carboxylic acids is 1. The summed E-state index contributed by atoms with van der Waals surface area (Å²) >= 11 is 0. The summed E-state index contributed by atoms with van der Waals surface area (Å²) in [5.74, 6) is -1.06. The molecule has 56 valence electrons. The minimum Gasteiger partial charge on any atom is -0.477 e. The molecule has 0 fully saturated rings. The maximum atomic E-state index is 10.2. The van der Waals surface area contributed by atoms with Gasteiger partial charge in [0.2, 0.25) is 0 Å². The second-order valence-corrected chi connectivity index (χ2v) is 1.70. The first-order chi connectivity index (χ1) is 4.59. The van der Waals surface area contributed by atoms with Crippen LogP contribution in [0.3, 0.4) is 0 Å². The SMILES string of the molecule is C=C(C(=O)O)N(C)/C=C\N. The third-order valence-electron chi connectivity index (χ3n) is 0.982. The van der Waals surface area contributed by atoms with Gasteiger partial charge in [-0.3, -0.25) is 0 Å². The number of nitrogens with two attached hydrogens (primary N) is 1. The van der Waals surface area contributed by atoms with Crippen molar-refractivity contribution in [3.63, 3.8) is 0 Å². The number of hydrogen-bond acceptors (Lipinski definition) is 3. The second kappa shape index (κ2) is 3.55. The molecule has 0 saturated carbocycles. The van der Waals surface area contributed by atoms with Crippen LogP contribution in [0.25, 0.3) is 0 Å². The van der Waals surface area contributed by atoms with Crippen molar-refractivity contribution < 1.29 is 9.90 Å². The average Bonchev–Trinajstić information content (AvgIpc) is 1.87.